The average Bonchev–Trinajstić information content (AvgIpc) is 2.90. The van der Waals surface area contributed by atoms with Crippen LogP contribution in [0, 0.1) is 0 Å². The van der Waals surface area contributed by atoms with Gasteiger partial charge in [0.25, 0.3) is 0 Å². The SMILES string of the molecule is CCOC(=O)c1ncn2c1c(S(C)(=O)=O)nc1ccncc12. The first-order valence-electron chi connectivity index (χ1n) is 6.41. The van der Waals surface area contributed by atoms with Crippen LogP contribution in [0.1, 0.15) is 17.4 Å². The fourth-order valence-electron chi connectivity index (χ4n) is 2.16. The molecule has 0 atom stereocenters. The molecule has 0 unspecified atom stereocenters. The highest BCUT2D eigenvalue weighted by atomic mass is 32.2. The van der Waals surface area contributed by atoms with E-state index in [2.05, 4.69) is 15.0 Å². The van der Waals surface area contributed by atoms with Crippen molar-refractivity contribution in [1.82, 2.24) is 19.4 Å². The van der Waals surface area contributed by atoms with Crippen LogP contribution in [0.25, 0.3) is 16.6 Å². The molecule has 8 nitrogen and oxygen atoms in total. The van der Waals surface area contributed by atoms with Crippen LogP contribution in [0.15, 0.2) is 29.8 Å². The smallest absolute Gasteiger partial charge is 0.359 e. The maximum Gasteiger partial charge on any atom is 0.359 e. The van der Waals surface area contributed by atoms with E-state index in [-0.39, 0.29) is 22.8 Å². The van der Waals surface area contributed by atoms with Crippen LogP contribution in [0.2, 0.25) is 0 Å². The fraction of sp³-hybridized carbons (Fsp3) is 0.231. The summed E-state index contributed by atoms with van der Waals surface area (Å²) in [4.78, 5) is 24.1. The molecule has 0 aromatic carbocycles. The van der Waals surface area contributed by atoms with E-state index in [9.17, 15) is 13.2 Å². The molecule has 0 aliphatic rings. The summed E-state index contributed by atoms with van der Waals surface area (Å²) in [6, 6.07) is 1.59. The average molecular weight is 320 g/mol. The van der Waals surface area contributed by atoms with Crippen LogP contribution in [0.3, 0.4) is 0 Å². The molecule has 3 heterocycles. The van der Waals surface area contributed by atoms with Crippen molar-refractivity contribution in [1.29, 1.82) is 0 Å². The standard InChI is InChI=1S/C13H12N4O4S/c1-3-21-13(18)10-11-12(22(2,19)20)16-8-4-5-14-6-9(8)17(11)7-15-10/h4-7H,3H2,1-2H3. The van der Waals surface area contributed by atoms with E-state index in [0.717, 1.165) is 6.26 Å². The van der Waals surface area contributed by atoms with Crippen LogP contribution in [-0.2, 0) is 14.6 Å². The Labute approximate surface area is 125 Å². The van der Waals surface area contributed by atoms with Crippen LogP contribution in [0.5, 0.6) is 0 Å². The van der Waals surface area contributed by atoms with Gasteiger partial charge in [-0.25, -0.2) is 23.2 Å². The van der Waals surface area contributed by atoms with Gasteiger partial charge < -0.3 is 4.74 Å². The Hall–Kier alpha value is -2.55. The van der Waals surface area contributed by atoms with Gasteiger partial charge >= 0.3 is 5.97 Å². The molecular formula is C13H12N4O4S. The van der Waals surface area contributed by atoms with E-state index < -0.39 is 15.8 Å². The number of hydrogen-bond donors (Lipinski definition) is 0. The first-order chi connectivity index (χ1) is 10.4. The molecule has 114 valence electrons. The topological polar surface area (TPSA) is 104 Å². The zero-order valence-electron chi connectivity index (χ0n) is 11.8. The molecule has 0 radical (unpaired) electrons. The van der Waals surface area contributed by atoms with E-state index in [1.165, 1.54) is 23.1 Å². The number of imidazole rings is 1. The molecule has 0 fully saturated rings. The third kappa shape index (κ3) is 2.19. The van der Waals surface area contributed by atoms with E-state index in [1.54, 1.807) is 13.0 Å². The van der Waals surface area contributed by atoms with Gasteiger partial charge in [-0.05, 0) is 13.0 Å². The lowest BCUT2D eigenvalue weighted by molar-refractivity contribution is 0.0522. The lowest BCUT2D eigenvalue weighted by atomic mass is 10.3. The summed E-state index contributed by atoms with van der Waals surface area (Å²) < 4.78 is 30.5. The second-order valence-electron chi connectivity index (χ2n) is 4.59. The number of ether oxygens (including phenoxy) is 1. The zero-order chi connectivity index (χ0) is 15.9. The second kappa shape index (κ2) is 5.02. The highest BCUT2D eigenvalue weighted by Gasteiger charge is 2.25. The van der Waals surface area contributed by atoms with E-state index in [0.29, 0.717) is 11.0 Å². The molecule has 0 bridgehead atoms. The van der Waals surface area contributed by atoms with Crippen LogP contribution in [0.4, 0.5) is 0 Å². The lowest BCUT2D eigenvalue weighted by Crippen LogP contribution is -2.10. The van der Waals surface area contributed by atoms with Crippen molar-refractivity contribution in [2.24, 2.45) is 0 Å². The molecule has 3 aromatic rings. The fourth-order valence-corrected chi connectivity index (χ4v) is 2.97. The summed E-state index contributed by atoms with van der Waals surface area (Å²) in [5.41, 5.74) is 1.01. The Morgan fingerprint density at radius 3 is 2.86 bits per heavy atom. The zero-order valence-corrected chi connectivity index (χ0v) is 12.7. The molecule has 3 rings (SSSR count). The molecule has 0 N–H and O–H groups in total. The van der Waals surface area contributed by atoms with Gasteiger partial charge in [-0.1, -0.05) is 0 Å². The number of carbonyl (C=O) groups excluding carboxylic acids is 1. The first kappa shape index (κ1) is 14.4. The van der Waals surface area contributed by atoms with Crippen molar-refractivity contribution in [3.05, 3.63) is 30.5 Å². The summed E-state index contributed by atoms with van der Waals surface area (Å²) in [6.45, 7) is 1.82. The van der Waals surface area contributed by atoms with Crippen molar-refractivity contribution in [2.75, 3.05) is 12.9 Å². The molecule has 0 saturated carbocycles. The van der Waals surface area contributed by atoms with Gasteiger partial charge in [0.15, 0.2) is 20.6 Å². The molecule has 9 heteroatoms. The number of fused-ring (bicyclic) bond motifs is 3. The number of rotatable bonds is 3. The number of sulfone groups is 1. The minimum atomic E-state index is -3.66. The number of esters is 1. The summed E-state index contributed by atoms with van der Waals surface area (Å²) in [7, 11) is -3.66. The molecule has 22 heavy (non-hydrogen) atoms. The molecular weight excluding hydrogens is 308 g/mol. The maximum absolute atomic E-state index is 12.0. The van der Waals surface area contributed by atoms with Gasteiger partial charge in [0, 0.05) is 12.5 Å². The van der Waals surface area contributed by atoms with Gasteiger partial charge in [-0.15, -0.1) is 0 Å². The predicted octanol–water partition coefficient (Wildman–Crippen LogP) is 0.858. The second-order valence-corrected chi connectivity index (χ2v) is 6.52. The van der Waals surface area contributed by atoms with Crippen molar-refractivity contribution in [3.63, 3.8) is 0 Å². The monoisotopic (exact) mass is 320 g/mol. The third-order valence-electron chi connectivity index (χ3n) is 3.05. The van der Waals surface area contributed by atoms with Gasteiger partial charge in [0.2, 0.25) is 0 Å². The first-order valence-corrected chi connectivity index (χ1v) is 8.30. The van der Waals surface area contributed by atoms with E-state index in [4.69, 9.17) is 4.74 Å². The highest BCUT2D eigenvalue weighted by Crippen LogP contribution is 2.24. The number of aromatic nitrogens is 4. The van der Waals surface area contributed by atoms with Gasteiger partial charge in [-0.2, -0.15) is 0 Å². The van der Waals surface area contributed by atoms with Crippen molar-refractivity contribution < 1.29 is 17.9 Å². The third-order valence-corrected chi connectivity index (χ3v) is 4.04. The quantitative estimate of drug-likeness (QED) is 0.659. The predicted molar refractivity (Wildman–Crippen MR) is 77.4 cm³/mol. The van der Waals surface area contributed by atoms with E-state index >= 15 is 0 Å². The minimum absolute atomic E-state index is 0.0828. The molecule has 0 saturated heterocycles. The number of nitrogens with zero attached hydrogens (tertiary/aromatic N) is 4. The molecule has 0 aliphatic carbocycles. The Morgan fingerprint density at radius 2 is 2.18 bits per heavy atom. The molecule has 0 spiro atoms. The Balaban J connectivity index is 2.48. The number of carbonyl (C=O) groups is 1. The van der Waals surface area contributed by atoms with Crippen LogP contribution < -0.4 is 0 Å². The largest absolute Gasteiger partial charge is 0.461 e. The Morgan fingerprint density at radius 1 is 1.41 bits per heavy atom. The van der Waals surface area contributed by atoms with Crippen LogP contribution >= 0.6 is 0 Å². The minimum Gasteiger partial charge on any atom is -0.461 e. The van der Waals surface area contributed by atoms with Gasteiger partial charge in [0.1, 0.15) is 11.8 Å². The Bertz CT molecular complexity index is 994. The number of pyridine rings is 1. The van der Waals surface area contributed by atoms with Crippen molar-refractivity contribution in [2.45, 2.75) is 11.9 Å². The normalized spacial score (nSPS) is 11.9. The van der Waals surface area contributed by atoms with Crippen molar-refractivity contribution in [3.8, 4) is 0 Å². The molecule has 3 aromatic heterocycles. The van der Waals surface area contributed by atoms with E-state index in [1.807, 2.05) is 0 Å². The highest BCUT2D eigenvalue weighted by molar-refractivity contribution is 7.90. The molecule has 0 amide bonds. The lowest BCUT2D eigenvalue weighted by Gasteiger charge is -2.07. The maximum atomic E-state index is 12.0. The van der Waals surface area contributed by atoms with Gasteiger partial charge in [0.05, 0.1) is 23.8 Å². The van der Waals surface area contributed by atoms with Gasteiger partial charge in [-0.3, -0.25) is 9.38 Å². The number of hydrogen-bond acceptors (Lipinski definition) is 7. The molecule has 0 aliphatic heterocycles. The van der Waals surface area contributed by atoms with Crippen molar-refractivity contribution >= 4 is 32.4 Å². The summed E-state index contributed by atoms with van der Waals surface area (Å²) in [6.07, 6.45) is 5.43. The summed E-state index contributed by atoms with van der Waals surface area (Å²) in [5, 5.41) is -0.216. The summed E-state index contributed by atoms with van der Waals surface area (Å²) >= 11 is 0. The summed E-state index contributed by atoms with van der Waals surface area (Å²) in [5.74, 6) is -0.694. The van der Waals surface area contributed by atoms with Crippen LogP contribution in [-0.4, -0.2) is 46.6 Å². The Kier molecular flexibility index (Phi) is 3.28.